The summed E-state index contributed by atoms with van der Waals surface area (Å²) < 4.78 is 1.87. The molecule has 144 valence electrons. The normalized spacial score (nSPS) is 14.9. The molecule has 0 radical (unpaired) electrons. The molecule has 0 saturated heterocycles. The van der Waals surface area contributed by atoms with Gasteiger partial charge in [-0.05, 0) is 19.8 Å². The Balaban J connectivity index is 1.67. The van der Waals surface area contributed by atoms with Crippen LogP contribution in [0.2, 0.25) is 0 Å². The van der Waals surface area contributed by atoms with Gasteiger partial charge < -0.3 is 9.88 Å². The van der Waals surface area contributed by atoms with E-state index in [1.807, 2.05) is 11.5 Å². The number of amides is 1. The lowest BCUT2D eigenvalue weighted by molar-refractivity contribution is -0.384. The van der Waals surface area contributed by atoms with Crippen molar-refractivity contribution >= 4 is 23.4 Å². The number of thioether (sulfide) groups is 1. The smallest absolute Gasteiger partial charge is 0.270 e. The van der Waals surface area contributed by atoms with E-state index in [1.165, 1.54) is 43.2 Å². The van der Waals surface area contributed by atoms with E-state index in [2.05, 4.69) is 15.5 Å². The van der Waals surface area contributed by atoms with Gasteiger partial charge >= 0.3 is 0 Å². The molecule has 0 bridgehead atoms. The van der Waals surface area contributed by atoms with Crippen LogP contribution in [0.25, 0.3) is 11.4 Å². The molecule has 0 aliphatic heterocycles. The second-order valence-electron chi connectivity index (χ2n) is 6.55. The first-order valence-corrected chi connectivity index (χ1v) is 10.2. The van der Waals surface area contributed by atoms with Gasteiger partial charge in [-0.2, -0.15) is 0 Å². The minimum absolute atomic E-state index is 0.00875. The maximum Gasteiger partial charge on any atom is 0.270 e. The molecule has 8 nitrogen and oxygen atoms in total. The fourth-order valence-electron chi connectivity index (χ4n) is 3.30. The van der Waals surface area contributed by atoms with Crippen molar-refractivity contribution in [3.8, 4) is 11.4 Å². The number of aromatic nitrogens is 3. The van der Waals surface area contributed by atoms with E-state index >= 15 is 0 Å². The highest BCUT2D eigenvalue weighted by atomic mass is 32.2. The summed E-state index contributed by atoms with van der Waals surface area (Å²) in [5.41, 5.74) is 0.649. The number of nitro groups is 1. The van der Waals surface area contributed by atoms with Crippen LogP contribution in [0.5, 0.6) is 0 Å². The van der Waals surface area contributed by atoms with Crippen molar-refractivity contribution in [2.45, 2.75) is 56.8 Å². The number of nitrogens with zero attached hydrogens (tertiary/aromatic N) is 4. The second kappa shape index (κ2) is 8.98. The molecule has 0 atom stereocenters. The van der Waals surface area contributed by atoms with E-state index in [9.17, 15) is 14.9 Å². The predicted molar refractivity (Wildman–Crippen MR) is 104 cm³/mol. The van der Waals surface area contributed by atoms with E-state index in [-0.39, 0.29) is 23.4 Å². The molecule has 1 N–H and O–H groups in total. The summed E-state index contributed by atoms with van der Waals surface area (Å²) >= 11 is 1.34. The van der Waals surface area contributed by atoms with E-state index in [0.717, 1.165) is 12.8 Å². The Morgan fingerprint density at radius 1 is 1.33 bits per heavy atom. The Morgan fingerprint density at radius 2 is 2.11 bits per heavy atom. The Labute approximate surface area is 161 Å². The molecule has 1 aromatic heterocycles. The maximum atomic E-state index is 12.2. The van der Waals surface area contributed by atoms with Gasteiger partial charge in [-0.3, -0.25) is 14.9 Å². The summed E-state index contributed by atoms with van der Waals surface area (Å²) in [5, 5.41) is 23.1. The predicted octanol–water partition coefficient (Wildman–Crippen LogP) is 3.41. The SMILES string of the molecule is CCn1c(SCC(=O)NC2CCCCC2)nnc1-c1cccc([N+](=O)[O-])c1. The van der Waals surface area contributed by atoms with E-state index in [0.29, 0.717) is 23.1 Å². The van der Waals surface area contributed by atoms with E-state index in [4.69, 9.17) is 0 Å². The number of hydrogen-bond donors (Lipinski definition) is 1. The monoisotopic (exact) mass is 389 g/mol. The number of carbonyl (C=O) groups is 1. The van der Waals surface area contributed by atoms with Crippen molar-refractivity contribution in [2.24, 2.45) is 0 Å². The quantitative estimate of drug-likeness (QED) is 0.442. The highest BCUT2D eigenvalue weighted by Crippen LogP contribution is 2.26. The lowest BCUT2D eigenvalue weighted by Gasteiger charge is -2.22. The Kier molecular flexibility index (Phi) is 6.44. The zero-order valence-electron chi connectivity index (χ0n) is 15.3. The first-order valence-electron chi connectivity index (χ1n) is 9.18. The van der Waals surface area contributed by atoms with Crippen LogP contribution in [0.3, 0.4) is 0 Å². The van der Waals surface area contributed by atoms with Crippen LogP contribution in [0.1, 0.15) is 39.0 Å². The molecular weight excluding hydrogens is 366 g/mol. The molecule has 1 saturated carbocycles. The molecule has 1 fully saturated rings. The fraction of sp³-hybridized carbons (Fsp3) is 0.500. The van der Waals surface area contributed by atoms with Gasteiger partial charge in [-0.25, -0.2) is 0 Å². The average molecular weight is 389 g/mol. The maximum absolute atomic E-state index is 12.2. The van der Waals surface area contributed by atoms with Crippen molar-refractivity contribution in [1.29, 1.82) is 0 Å². The summed E-state index contributed by atoms with van der Waals surface area (Å²) in [6, 6.07) is 6.62. The molecule has 0 spiro atoms. The standard InChI is InChI=1S/C18H23N5O3S/c1-2-22-17(13-7-6-10-15(11-13)23(25)26)20-21-18(22)27-12-16(24)19-14-8-4-3-5-9-14/h6-7,10-11,14H,2-5,8-9,12H2,1H3,(H,19,24). The number of benzene rings is 1. The summed E-state index contributed by atoms with van der Waals surface area (Å²) in [4.78, 5) is 22.8. The van der Waals surface area contributed by atoms with Crippen LogP contribution < -0.4 is 5.32 Å². The zero-order chi connectivity index (χ0) is 19.2. The Hall–Kier alpha value is -2.42. The van der Waals surface area contributed by atoms with Gasteiger partial charge in [0.05, 0.1) is 10.7 Å². The summed E-state index contributed by atoms with van der Waals surface area (Å²) in [6.07, 6.45) is 5.71. The minimum Gasteiger partial charge on any atom is -0.353 e. The van der Waals surface area contributed by atoms with E-state index in [1.54, 1.807) is 12.1 Å². The van der Waals surface area contributed by atoms with Crippen molar-refractivity contribution in [2.75, 3.05) is 5.75 Å². The van der Waals surface area contributed by atoms with Crippen molar-refractivity contribution in [1.82, 2.24) is 20.1 Å². The van der Waals surface area contributed by atoms with Gasteiger partial charge in [0.25, 0.3) is 5.69 Å². The molecule has 9 heteroatoms. The van der Waals surface area contributed by atoms with Gasteiger partial charge in [0.15, 0.2) is 11.0 Å². The third kappa shape index (κ3) is 4.85. The lowest BCUT2D eigenvalue weighted by atomic mass is 9.95. The molecule has 3 rings (SSSR count). The van der Waals surface area contributed by atoms with Gasteiger partial charge in [0.2, 0.25) is 5.91 Å². The minimum atomic E-state index is -0.429. The van der Waals surface area contributed by atoms with Gasteiger partial charge in [0.1, 0.15) is 0 Å². The number of nitrogens with one attached hydrogen (secondary N) is 1. The van der Waals surface area contributed by atoms with Gasteiger partial charge in [-0.15, -0.1) is 10.2 Å². The third-order valence-electron chi connectivity index (χ3n) is 4.65. The number of rotatable bonds is 7. The van der Waals surface area contributed by atoms with Crippen LogP contribution in [0, 0.1) is 10.1 Å². The first kappa shape index (κ1) is 19.3. The van der Waals surface area contributed by atoms with E-state index < -0.39 is 4.92 Å². The van der Waals surface area contributed by atoms with Crippen LogP contribution in [0.15, 0.2) is 29.4 Å². The summed E-state index contributed by atoms with van der Waals surface area (Å²) in [5.74, 6) is 0.856. The molecule has 1 amide bonds. The largest absolute Gasteiger partial charge is 0.353 e. The number of carbonyl (C=O) groups excluding carboxylic acids is 1. The van der Waals surface area contributed by atoms with Crippen LogP contribution in [-0.4, -0.2) is 37.4 Å². The first-order chi connectivity index (χ1) is 13.1. The Bertz CT molecular complexity index is 817. The van der Waals surface area contributed by atoms with Crippen LogP contribution >= 0.6 is 11.8 Å². The number of hydrogen-bond acceptors (Lipinski definition) is 6. The Morgan fingerprint density at radius 3 is 2.81 bits per heavy atom. The van der Waals surface area contributed by atoms with Crippen LogP contribution in [-0.2, 0) is 11.3 Å². The molecular formula is C18H23N5O3S. The molecule has 27 heavy (non-hydrogen) atoms. The third-order valence-corrected chi connectivity index (χ3v) is 5.62. The molecule has 0 unspecified atom stereocenters. The van der Waals surface area contributed by atoms with Crippen LogP contribution in [0.4, 0.5) is 5.69 Å². The molecule has 1 heterocycles. The van der Waals surface area contributed by atoms with Crippen molar-refractivity contribution < 1.29 is 9.72 Å². The topological polar surface area (TPSA) is 103 Å². The van der Waals surface area contributed by atoms with Crippen molar-refractivity contribution in [3.63, 3.8) is 0 Å². The summed E-state index contributed by atoms with van der Waals surface area (Å²) in [7, 11) is 0. The molecule has 1 aliphatic rings. The summed E-state index contributed by atoms with van der Waals surface area (Å²) in [6.45, 7) is 2.56. The van der Waals surface area contributed by atoms with Gasteiger partial charge in [0, 0.05) is 30.3 Å². The number of non-ortho nitro benzene ring substituents is 1. The average Bonchev–Trinajstić information content (AvgIpc) is 3.10. The zero-order valence-corrected chi connectivity index (χ0v) is 16.1. The fourth-order valence-corrected chi connectivity index (χ4v) is 4.11. The van der Waals surface area contributed by atoms with Crippen molar-refractivity contribution in [3.05, 3.63) is 34.4 Å². The lowest BCUT2D eigenvalue weighted by Crippen LogP contribution is -2.37. The molecule has 2 aromatic rings. The molecule has 1 aliphatic carbocycles. The highest BCUT2D eigenvalue weighted by molar-refractivity contribution is 7.99. The second-order valence-corrected chi connectivity index (χ2v) is 7.49. The van der Waals surface area contributed by atoms with Gasteiger partial charge in [-0.1, -0.05) is 43.2 Å². The molecule has 1 aromatic carbocycles. The highest BCUT2D eigenvalue weighted by Gasteiger charge is 2.19. The number of nitro benzene ring substituents is 1.